The van der Waals surface area contributed by atoms with E-state index >= 15 is 0 Å². The van der Waals surface area contributed by atoms with E-state index in [-0.39, 0.29) is 0 Å². The van der Waals surface area contributed by atoms with Crippen molar-refractivity contribution in [2.24, 2.45) is 11.8 Å². The minimum Gasteiger partial charge on any atom is -0.389 e. The number of imidazole rings is 1. The number of thiazole rings is 1. The highest BCUT2D eigenvalue weighted by atomic mass is 32.1. The molecule has 0 spiro atoms. The van der Waals surface area contributed by atoms with E-state index in [2.05, 4.69) is 15.6 Å². The van der Waals surface area contributed by atoms with Gasteiger partial charge in [0.1, 0.15) is 0 Å². The Kier molecular flexibility index (Phi) is 2.71. The molecule has 0 radical (unpaired) electrons. The zero-order valence-corrected chi connectivity index (χ0v) is 11.9. The van der Waals surface area contributed by atoms with Gasteiger partial charge in [-0.05, 0) is 43.9 Å². The van der Waals surface area contributed by atoms with Crippen LogP contribution in [0.4, 0.5) is 0 Å². The molecule has 0 aliphatic heterocycles. The van der Waals surface area contributed by atoms with Crippen molar-refractivity contribution in [1.82, 2.24) is 9.38 Å². The first kappa shape index (κ1) is 11.9. The van der Waals surface area contributed by atoms with Gasteiger partial charge < -0.3 is 5.11 Å². The van der Waals surface area contributed by atoms with Crippen molar-refractivity contribution in [3.8, 4) is 0 Å². The average Bonchev–Trinajstić information content (AvgIpc) is 3.02. The van der Waals surface area contributed by atoms with Crippen molar-refractivity contribution >= 4 is 16.3 Å². The van der Waals surface area contributed by atoms with E-state index in [1.807, 2.05) is 11.6 Å². The molecule has 2 aromatic rings. The lowest BCUT2D eigenvalue weighted by Gasteiger charge is -2.36. The van der Waals surface area contributed by atoms with Crippen molar-refractivity contribution in [3.63, 3.8) is 0 Å². The van der Waals surface area contributed by atoms with Gasteiger partial charge in [-0.2, -0.15) is 0 Å². The van der Waals surface area contributed by atoms with Gasteiger partial charge in [-0.3, -0.25) is 4.40 Å². The van der Waals surface area contributed by atoms with Crippen LogP contribution >= 0.6 is 11.3 Å². The first-order valence-electron chi connectivity index (χ1n) is 7.35. The molecule has 2 atom stereocenters. The first-order valence-corrected chi connectivity index (χ1v) is 8.23. The van der Waals surface area contributed by atoms with Gasteiger partial charge >= 0.3 is 0 Å². The second-order valence-electron chi connectivity index (χ2n) is 6.42. The number of aliphatic hydroxyl groups is 1. The maximum Gasteiger partial charge on any atom is 0.193 e. The summed E-state index contributed by atoms with van der Waals surface area (Å²) in [5, 5.41) is 12.9. The van der Waals surface area contributed by atoms with Gasteiger partial charge in [0, 0.05) is 24.2 Å². The van der Waals surface area contributed by atoms with Crippen LogP contribution in [0.1, 0.15) is 44.2 Å². The van der Waals surface area contributed by atoms with Crippen LogP contribution in [-0.4, -0.2) is 20.1 Å². The molecule has 0 bridgehead atoms. The molecular formula is C15H20N2OS. The molecular weight excluding hydrogens is 256 g/mol. The van der Waals surface area contributed by atoms with Crippen LogP contribution in [0, 0.1) is 11.8 Å². The van der Waals surface area contributed by atoms with Crippen LogP contribution in [0.15, 0.2) is 17.8 Å². The molecule has 2 saturated carbocycles. The van der Waals surface area contributed by atoms with E-state index in [9.17, 15) is 5.11 Å². The number of rotatable bonds is 3. The first-order chi connectivity index (χ1) is 9.22. The normalized spacial score (nSPS) is 31.9. The maximum atomic E-state index is 10.9. The molecule has 0 saturated heterocycles. The topological polar surface area (TPSA) is 37.5 Å². The fourth-order valence-corrected chi connectivity index (χ4v) is 4.43. The highest BCUT2D eigenvalue weighted by Crippen LogP contribution is 2.47. The molecule has 4 rings (SSSR count). The summed E-state index contributed by atoms with van der Waals surface area (Å²) in [4.78, 5) is 5.65. The Balaban J connectivity index is 1.52. The van der Waals surface area contributed by atoms with E-state index in [0.29, 0.717) is 0 Å². The quantitative estimate of drug-likeness (QED) is 0.934. The number of nitrogens with zero attached hydrogens (tertiary/aromatic N) is 2. The van der Waals surface area contributed by atoms with Gasteiger partial charge in [0.05, 0.1) is 11.3 Å². The van der Waals surface area contributed by atoms with Crippen LogP contribution < -0.4 is 0 Å². The Labute approximate surface area is 117 Å². The van der Waals surface area contributed by atoms with Crippen LogP contribution in [0.25, 0.3) is 4.96 Å². The lowest BCUT2D eigenvalue weighted by atomic mass is 9.74. The van der Waals surface area contributed by atoms with Crippen molar-refractivity contribution in [2.75, 3.05) is 0 Å². The number of aromatic nitrogens is 2. The summed E-state index contributed by atoms with van der Waals surface area (Å²) in [7, 11) is 0. The largest absolute Gasteiger partial charge is 0.389 e. The Bertz CT molecular complexity index is 557. The highest BCUT2D eigenvalue weighted by Gasteiger charge is 2.41. The number of hydrogen-bond acceptors (Lipinski definition) is 3. The van der Waals surface area contributed by atoms with E-state index in [1.54, 1.807) is 11.3 Å². The van der Waals surface area contributed by atoms with Crippen molar-refractivity contribution in [1.29, 1.82) is 0 Å². The van der Waals surface area contributed by atoms with Crippen LogP contribution in [-0.2, 0) is 6.42 Å². The van der Waals surface area contributed by atoms with Gasteiger partial charge in [-0.25, -0.2) is 4.98 Å². The van der Waals surface area contributed by atoms with Gasteiger partial charge in [0.15, 0.2) is 4.96 Å². The molecule has 4 heteroatoms. The summed E-state index contributed by atoms with van der Waals surface area (Å²) in [6, 6.07) is 0. The van der Waals surface area contributed by atoms with Gasteiger partial charge in [0.2, 0.25) is 0 Å². The lowest BCUT2D eigenvalue weighted by Crippen LogP contribution is -2.38. The van der Waals surface area contributed by atoms with Gasteiger partial charge in [-0.15, -0.1) is 11.3 Å². The van der Waals surface area contributed by atoms with Crippen LogP contribution in [0.2, 0.25) is 0 Å². The summed E-state index contributed by atoms with van der Waals surface area (Å²) in [6.07, 6.45) is 12.1. The summed E-state index contributed by atoms with van der Waals surface area (Å²) >= 11 is 1.65. The van der Waals surface area contributed by atoms with Crippen LogP contribution in [0.5, 0.6) is 0 Å². The third kappa shape index (κ3) is 2.32. The Hall–Kier alpha value is -0.870. The van der Waals surface area contributed by atoms with Crippen LogP contribution in [0.3, 0.4) is 0 Å². The standard InChI is InChI=1S/C15H20N2OS/c18-15(5-1-2-12(8-15)11-3-4-11)9-13-10-17-6-7-19-14(17)16-13/h6-7,10-12,18H,1-5,8-9H2. The van der Waals surface area contributed by atoms with E-state index in [4.69, 9.17) is 0 Å². The van der Waals surface area contributed by atoms with Crippen molar-refractivity contribution in [2.45, 2.75) is 50.5 Å². The lowest BCUT2D eigenvalue weighted by molar-refractivity contribution is -0.0202. The second kappa shape index (κ2) is 4.32. The zero-order valence-electron chi connectivity index (χ0n) is 11.1. The maximum absolute atomic E-state index is 10.9. The SMILES string of the molecule is OC1(Cc2cn3ccsc3n2)CCCC(C2CC2)C1. The Morgan fingerprint density at radius 3 is 3.05 bits per heavy atom. The van der Waals surface area contributed by atoms with Gasteiger partial charge in [-0.1, -0.05) is 6.42 Å². The van der Waals surface area contributed by atoms with E-state index in [0.717, 1.165) is 41.8 Å². The minimum absolute atomic E-state index is 0.504. The molecule has 1 N–H and O–H groups in total. The molecule has 2 aliphatic rings. The van der Waals surface area contributed by atoms with E-state index in [1.165, 1.54) is 25.7 Å². The predicted octanol–water partition coefficient (Wildman–Crippen LogP) is 3.27. The second-order valence-corrected chi connectivity index (χ2v) is 7.29. The molecule has 2 aliphatic carbocycles. The molecule has 3 nitrogen and oxygen atoms in total. The summed E-state index contributed by atoms with van der Waals surface area (Å²) in [6.45, 7) is 0. The summed E-state index contributed by atoms with van der Waals surface area (Å²) < 4.78 is 2.06. The highest BCUT2D eigenvalue weighted by molar-refractivity contribution is 7.15. The van der Waals surface area contributed by atoms with E-state index < -0.39 is 5.60 Å². The molecule has 2 aromatic heterocycles. The monoisotopic (exact) mass is 276 g/mol. The average molecular weight is 276 g/mol. The number of hydrogen-bond donors (Lipinski definition) is 1. The molecule has 19 heavy (non-hydrogen) atoms. The third-order valence-corrected chi connectivity index (χ3v) is 5.57. The molecule has 0 aromatic carbocycles. The Morgan fingerprint density at radius 2 is 2.26 bits per heavy atom. The number of fused-ring (bicyclic) bond motifs is 1. The van der Waals surface area contributed by atoms with Crippen molar-refractivity contribution < 1.29 is 5.11 Å². The molecule has 2 unspecified atom stereocenters. The summed E-state index contributed by atoms with van der Waals surface area (Å²) in [5.41, 5.74) is 0.543. The molecule has 102 valence electrons. The minimum atomic E-state index is -0.504. The zero-order chi connectivity index (χ0) is 12.9. The third-order valence-electron chi connectivity index (χ3n) is 4.80. The Morgan fingerprint density at radius 1 is 1.37 bits per heavy atom. The smallest absolute Gasteiger partial charge is 0.193 e. The summed E-state index contributed by atoms with van der Waals surface area (Å²) in [5.74, 6) is 1.68. The molecule has 2 fully saturated rings. The van der Waals surface area contributed by atoms with Crippen molar-refractivity contribution in [3.05, 3.63) is 23.5 Å². The van der Waals surface area contributed by atoms with Gasteiger partial charge in [0.25, 0.3) is 0 Å². The fourth-order valence-electron chi connectivity index (χ4n) is 3.71. The fraction of sp³-hybridized carbons (Fsp3) is 0.667. The molecule has 0 amide bonds. The molecule has 2 heterocycles. The predicted molar refractivity (Wildman–Crippen MR) is 76.4 cm³/mol.